The lowest BCUT2D eigenvalue weighted by Gasteiger charge is -2.27. The maximum absolute atomic E-state index is 11.9. The van der Waals surface area contributed by atoms with Gasteiger partial charge in [-0.2, -0.15) is 0 Å². The molecular formula is C14H28N2O. The Hall–Kier alpha value is -0.570. The second kappa shape index (κ2) is 6.39. The van der Waals surface area contributed by atoms with Crippen molar-refractivity contribution in [3.63, 3.8) is 0 Å². The number of carbonyl (C=O) groups excluding carboxylic acids is 1. The third-order valence-electron chi connectivity index (χ3n) is 3.91. The van der Waals surface area contributed by atoms with Crippen molar-refractivity contribution >= 4 is 5.91 Å². The predicted octanol–water partition coefficient (Wildman–Crippen LogP) is 2.32. The Labute approximate surface area is 106 Å². The van der Waals surface area contributed by atoms with Crippen LogP contribution < -0.4 is 10.6 Å². The van der Waals surface area contributed by atoms with Gasteiger partial charge in [0, 0.05) is 12.5 Å². The zero-order chi connectivity index (χ0) is 12.9. The number of rotatable bonds is 3. The molecule has 1 fully saturated rings. The van der Waals surface area contributed by atoms with Crippen molar-refractivity contribution < 1.29 is 4.79 Å². The quantitative estimate of drug-likeness (QED) is 0.795. The van der Waals surface area contributed by atoms with E-state index in [1.807, 2.05) is 0 Å². The van der Waals surface area contributed by atoms with E-state index in [1.165, 1.54) is 6.42 Å². The van der Waals surface area contributed by atoms with Crippen molar-refractivity contribution in [1.82, 2.24) is 10.6 Å². The first-order chi connectivity index (χ1) is 7.89. The lowest BCUT2D eigenvalue weighted by atomic mass is 9.80. The molecule has 0 radical (unpaired) electrons. The minimum atomic E-state index is 0.211. The lowest BCUT2D eigenvalue weighted by molar-refractivity contribution is -0.123. The molecule has 3 nitrogen and oxygen atoms in total. The number of carbonyl (C=O) groups is 1. The summed E-state index contributed by atoms with van der Waals surface area (Å²) in [5.41, 5.74) is 0.211. The van der Waals surface area contributed by atoms with Crippen LogP contribution in [0.15, 0.2) is 0 Å². The molecule has 1 aliphatic rings. The highest BCUT2D eigenvalue weighted by molar-refractivity contribution is 5.76. The molecule has 17 heavy (non-hydrogen) atoms. The summed E-state index contributed by atoms with van der Waals surface area (Å²) in [6.07, 6.45) is 3.99. The van der Waals surface area contributed by atoms with Crippen LogP contribution in [0, 0.1) is 11.3 Å². The van der Waals surface area contributed by atoms with E-state index in [0.717, 1.165) is 25.9 Å². The van der Waals surface area contributed by atoms with Crippen LogP contribution >= 0.6 is 0 Å². The Morgan fingerprint density at radius 2 is 2.06 bits per heavy atom. The van der Waals surface area contributed by atoms with Gasteiger partial charge in [-0.25, -0.2) is 0 Å². The molecule has 1 aliphatic heterocycles. The molecule has 0 aliphatic carbocycles. The maximum Gasteiger partial charge on any atom is 0.220 e. The van der Waals surface area contributed by atoms with Gasteiger partial charge in [-0.1, -0.05) is 27.7 Å². The number of nitrogens with one attached hydrogen (secondary N) is 2. The first kappa shape index (κ1) is 14.5. The van der Waals surface area contributed by atoms with E-state index in [0.29, 0.717) is 18.4 Å². The highest BCUT2D eigenvalue weighted by atomic mass is 16.1. The van der Waals surface area contributed by atoms with Gasteiger partial charge in [0.1, 0.15) is 0 Å². The molecule has 3 heteroatoms. The van der Waals surface area contributed by atoms with E-state index in [4.69, 9.17) is 0 Å². The van der Waals surface area contributed by atoms with Crippen LogP contribution in [0.3, 0.4) is 0 Å². The van der Waals surface area contributed by atoms with E-state index in [9.17, 15) is 4.79 Å². The molecule has 0 saturated carbocycles. The second-order valence-corrected chi connectivity index (χ2v) is 6.42. The van der Waals surface area contributed by atoms with Crippen LogP contribution in [0.2, 0.25) is 0 Å². The summed E-state index contributed by atoms with van der Waals surface area (Å²) in [4.78, 5) is 11.9. The van der Waals surface area contributed by atoms with Gasteiger partial charge < -0.3 is 10.6 Å². The number of hydrogen-bond acceptors (Lipinski definition) is 2. The van der Waals surface area contributed by atoms with Crippen LogP contribution in [0.1, 0.15) is 53.4 Å². The molecule has 0 spiro atoms. The summed E-state index contributed by atoms with van der Waals surface area (Å²) in [6, 6.07) is 0.379. The summed E-state index contributed by atoms with van der Waals surface area (Å²) in [5.74, 6) is 0.644. The molecule has 2 N–H and O–H groups in total. The first-order valence-electron chi connectivity index (χ1n) is 6.89. The Bertz CT molecular complexity index is 237. The minimum Gasteiger partial charge on any atom is -0.353 e. The fourth-order valence-corrected chi connectivity index (χ4v) is 2.03. The molecule has 100 valence electrons. The van der Waals surface area contributed by atoms with E-state index in [-0.39, 0.29) is 11.3 Å². The summed E-state index contributed by atoms with van der Waals surface area (Å²) in [6.45, 7) is 10.9. The first-order valence-corrected chi connectivity index (χ1v) is 6.89. The van der Waals surface area contributed by atoms with Gasteiger partial charge in [-0.05, 0) is 43.7 Å². The standard InChI is InChI=1S/C14H28N2O/c1-11(14(2,3)4)10-13(17)16-12-6-5-8-15-9-7-12/h11-12,15H,5-10H2,1-4H3,(H,16,17). The number of amides is 1. The Morgan fingerprint density at radius 3 is 2.71 bits per heavy atom. The van der Waals surface area contributed by atoms with Crippen molar-refractivity contribution in [1.29, 1.82) is 0 Å². The molecular weight excluding hydrogens is 212 g/mol. The van der Waals surface area contributed by atoms with E-state index in [2.05, 4.69) is 38.3 Å². The highest BCUT2D eigenvalue weighted by Crippen LogP contribution is 2.27. The minimum absolute atomic E-state index is 0.211. The second-order valence-electron chi connectivity index (χ2n) is 6.42. The van der Waals surface area contributed by atoms with Gasteiger partial charge in [0.05, 0.1) is 0 Å². The lowest BCUT2D eigenvalue weighted by Crippen LogP contribution is -2.37. The molecule has 2 atom stereocenters. The fraction of sp³-hybridized carbons (Fsp3) is 0.929. The van der Waals surface area contributed by atoms with Crippen molar-refractivity contribution in [2.24, 2.45) is 11.3 Å². The smallest absolute Gasteiger partial charge is 0.220 e. The van der Waals surface area contributed by atoms with Crippen molar-refractivity contribution in [3.8, 4) is 0 Å². The SMILES string of the molecule is CC(CC(=O)NC1CCCNCC1)C(C)(C)C. The monoisotopic (exact) mass is 240 g/mol. The molecule has 0 aromatic rings. The fourth-order valence-electron chi connectivity index (χ4n) is 2.03. The third-order valence-corrected chi connectivity index (χ3v) is 3.91. The Balaban J connectivity index is 2.33. The van der Waals surface area contributed by atoms with Crippen LogP contribution in [0.5, 0.6) is 0 Å². The highest BCUT2D eigenvalue weighted by Gasteiger charge is 2.23. The molecule has 2 unspecified atom stereocenters. The maximum atomic E-state index is 11.9. The van der Waals surface area contributed by atoms with Gasteiger partial charge in [-0.15, -0.1) is 0 Å². The summed E-state index contributed by atoms with van der Waals surface area (Å²) >= 11 is 0. The molecule has 1 rings (SSSR count). The van der Waals surface area contributed by atoms with Gasteiger partial charge in [0.15, 0.2) is 0 Å². The van der Waals surface area contributed by atoms with Gasteiger partial charge >= 0.3 is 0 Å². The van der Waals surface area contributed by atoms with Crippen LogP contribution in [-0.4, -0.2) is 25.0 Å². The molecule has 0 bridgehead atoms. The average molecular weight is 240 g/mol. The normalized spacial score (nSPS) is 23.9. The van der Waals surface area contributed by atoms with Gasteiger partial charge in [0.2, 0.25) is 5.91 Å². The van der Waals surface area contributed by atoms with E-state index < -0.39 is 0 Å². The topological polar surface area (TPSA) is 41.1 Å². The van der Waals surface area contributed by atoms with Gasteiger partial charge in [0.25, 0.3) is 0 Å². The molecule has 1 heterocycles. The largest absolute Gasteiger partial charge is 0.353 e. The summed E-state index contributed by atoms with van der Waals surface area (Å²) < 4.78 is 0. The molecule has 0 aromatic carbocycles. The van der Waals surface area contributed by atoms with E-state index in [1.54, 1.807) is 0 Å². The zero-order valence-corrected chi connectivity index (χ0v) is 11.8. The predicted molar refractivity (Wildman–Crippen MR) is 71.9 cm³/mol. The van der Waals surface area contributed by atoms with Crippen LogP contribution in [-0.2, 0) is 4.79 Å². The van der Waals surface area contributed by atoms with Crippen molar-refractivity contribution in [2.45, 2.75) is 59.4 Å². The van der Waals surface area contributed by atoms with Crippen molar-refractivity contribution in [3.05, 3.63) is 0 Å². The Morgan fingerprint density at radius 1 is 1.35 bits per heavy atom. The third kappa shape index (κ3) is 5.53. The number of hydrogen-bond donors (Lipinski definition) is 2. The van der Waals surface area contributed by atoms with Crippen molar-refractivity contribution in [2.75, 3.05) is 13.1 Å². The molecule has 1 saturated heterocycles. The Kier molecular flexibility index (Phi) is 5.44. The van der Waals surface area contributed by atoms with Gasteiger partial charge in [-0.3, -0.25) is 4.79 Å². The summed E-state index contributed by atoms with van der Waals surface area (Å²) in [5, 5.41) is 6.55. The van der Waals surface area contributed by atoms with E-state index >= 15 is 0 Å². The molecule has 1 amide bonds. The molecule has 0 aromatic heterocycles. The van der Waals surface area contributed by atoms with Crippen LogP contribution in [0.25, 0.3) is 0 Å². The van der Waals surface area contributed by atoms with Crippen LogP contribution in [0.4, 0.5) is 0 Å². The summed E-state index contributed by atoms with van der Waals surface area (Å²) in [7, 11) is 0. The average Bonchev–Trinajstić information content (AvgIpc) is 2.44. The zero-order valence-electron chi connectivity index (χ0n) is 11.8.